The molecule has 1 aromatic carbocycles. The largest absolute Gasteiger partial charge is 0.434 e. The summed E-state index contributed by atoms with van der Waals surface area (Å²) in [5.74, 6) is -0.319. The van der Waals surface area contributed by atoms with Crippen molar-refractivity contribution >= 4 is 38.8 Å². The number of fused-ring (bicyclic) bond motifs is 1. The van der Waals surface area contributed by atoms with Gasteiger partial charge in [-0.15, -0.1) is 0 Å². The van der Waals surface area contributed by atoms with Crippen molar-refractivity contribution in [1.82, 2.24) is 19.9 Å². The molecule has 1 saturated carbocycles. The molecular weight excluding hydrogens is 494 g/mol. The molecule has 1 aromatic heterocycles. The Balaban J connectivity index is 1.57. The number of aromatic nitrogens is 1. The van der Waals surface area contributed by atoms with Gasteiger partial charge in [0.25, 0.3) is 5.89 Å². The second-order valence-corrected chi connectivity index (χ2v) is 11.8. The predicted molar refractivity (Wildman–Crippen MR) is 142 cm³/mol. The number of hydrogen-bond donors (Lipinski definition) is 2. The van der Waals surface area contributed by atoms with Crippen LogP contribution in [0.3, 0.4) is 0 Å². The summed E-state index contributed by atoms with van der Waals surface area (Å²) >= 11 is 0. The molecule has 1 saturated heterocycles. The number of nitrogens with zero attached hydrogens (tertiary/aromatic N) is 3. The third-order valence-corrected chi connectivity index (χ3v) is 7.64. The summed E-state index contributed by atoms with van der Waals surface area (Å²) in [6.45, 7) is 3.16. The van der Waals surface area contributed by atoms with Crippen LogP contribution in [0.1, 0.15) is 75.4 Å². The van der Waals surface area contributed by atoms with Gasteiger partial charge in [-0.3, -0.25) is 14.3 Å². The predicted octanol–water partition coefficient (Wildman–Crippen LogP) is 3.25. The third kappa shape index (κ3) is 7.30. The van der Waals surface area contributed by atoms with Gasteiger partial charge in [0.1, 0.15) is 11.6 Å². The molecule has 37 heavy (non-hydrogen) atoms. The Labute approximate surface area is 218 Å². The molecule has 2 heterocycles. The number of amides is 1. The first-order valence-electron chi connectivity index (χ1n) is 13.2. The number of guanidine groups is 1. The second kappa shape index (κ2) is 12.1. The Hall–Kier alpha value is -2.95. The number of hydrogen-bond acceptors (Lipinski definition) is 7. The van der Waals surface area contributed by atoms with Crippen molar-refractivity contribution in [2.45, 2.75) is 76.8 Å². The SMILES string of the molecule is CCC(NC(=O)[C@H](CC1CCCCC1)N=C(NS(C)(=O)=O)N1CCCC1)C(=O)c1nc2ccccc2o1. The average Bonchev–Trinajstić information content (AvgIpc) is 3.56. The van der Waals surface area contributed by atoms with Crippen LogP contribution in [0.4, 0.5) is 0 Å². The Kier molecular flexibility index (Phi) is 8.83. The topological polar surface area (TPSA) is 134 Å². The molecule has 1 aliphatic heterocycles. The lowest BCUT2D eigenvalue weighted by Crippen LogP contribution is -2.48. The molecule has 0 bridgehead atoms. The van der Waals surface area contributed by atoms with Crippen LogP contribution in [0.15, 0.2) is 33.7 Å². The standard InChI is InChI=1S/C26H37N5O5S/c1-3-19(23(32)25-28-20-13-7-8-14-22(20)36-25)27-24(33)21(17-18-11-5-4-6-12-18)29-26(30-37(2,34)35)31-15-9-10-16-31/h7-8,13-14,18-19,21H,3-6,9-12,15-17H2,1-2H3,(H,27,33)(H,29,30)/t19?,21-/m0/s1. The summed E-state index contributed by atoms with van der Waals surface area (Å²) < 4.78 is 32.4. The van der Waals surface area contributed by atoms with E-state index in [2.05, 4.69) is 20.0 Å². The van der Waals surface area contributed by atoms with Gasteiger partial charge in [0.2, 0.25) is 27.7 Å². The molecule has 2 aliphatic rings. The highest BCUT2D eigenvalue weighted by Crippen LogP contribution is 2.28. The van der Waals surface area contributed by atoms with Crippen molar-refractivity contribution in [1.29, 1.82) is 0 Å². The van der Waals surface area contributed by atoms with Crippen LogP contribution >= 0.6 is 0 Å². The molecule has 2 aromatic rings. The highest BCUT2D eigenvalue weighted by atomic mass is 32.2. The van der Waals surface area contributed by atoms with Crippen LogP contribution in [0.2, 0.25) is 0 Å². The zero-order chi connectivity index (χ0) is 26.4. The summed E-state index contributed by atoms with van der Waals surface area (Å²) in [7, 11) is -3.58. The quantitative estimate of drug-likeness (QED) is 0.288. The van der Waals surface area contributed by atoms with Gasteiger partial charge >= 0.3 is 0 Å². The molecule has 2 atom stereocenters. The fourth-order valence-electron chi connectivity index (χ4n) is 5.12. The van der Waals surface area contributed by atoms with Gasteiger partial charge in [-0.1, -0.05) is 51.2 Å². The van der Waals surface area contributed by atoms with Crippen molar-refractivity contribution in [3.05, 3.63) is 30.2 Å². The number of benzene rings is 1. The zero-order valence-electron chi connectivity index (χ0n) is 21.6. The highest BCUT2D eigenvalue weighted by molar-refractivity contribution is 7.89. The number of ketones is 1. The van der Waals surface area contributed by atoms with Crippen molar-refractivity contribution < 1.29 is 22.4 Å². The smallest absolute Gasteiger partial charge is 0.266 e. The van der Waals surface area contributed by atoms with E-state index in [9.17, 15) is 18.0 Å². The molecule has 1 unspecified atom stereocenters. The monoisotopic (exact) mass is 531 g/mol. The van der Waals surface area contributed by atoms with Crippen LogP contribution in [-0.2, 0) is 14.8 Å². The number of Topliss-reactive ketones (excluding diaryl/α,β-unsaturated/α-hetero) is 1. The van der Waals surface area contributed by atoms with Gasteiger partial charge in [-0.05, 0) is 43.7 Å². The Bertz CT molecular complexity index is 1200. The number of rotatable bonds is 9. The van der Waals surface area contributed by atoms with Crippen LogP contribution < -0.4 is 10.0 Å². The number of aliphatic imine (C=N–C) groups is 1. The van der Waals surface area contributed by atoms with Gasteiger partial charge in [-0.2, -0.15) is 0 Å². The van der Waals surface area contributed by atoms with E-state index in [0.29, 0.717) is 42.9 Å². The number of carbonyl (C=O) groups is 2. The zero-order valence-corrected chi connectivity index (χ0v) is 22.4. The van der Waals surface area contributed by atoms with Crippen molar-refractivity contribution in [2.24, 2.45) is 10.9 Å². The second-order valence-electron chi connectivity index (χ2n) is 10.1. The van der Waals surface area contributed by atoms with E-state index in [-0.39, 0.29) is 11.9 Å². The molecule has 0 spiro atoms. The van der Waals surface area contributed by atoms with Crippen molar-refractivity contribution in [3.8, 4) is 0 Å². The minimum Gasteiger partial charge on any atom is -0.434 e. The summed E-state index contributed by atoms with van der Waals surface area (Å²) in [6, 6.07) is 5.47. The Morgan fingerprint density at radius 3 is 2.49 bits per heavy atom. The first-order valence-corrected chi connectivity index (χ1v) is 15.1. The maximum atomic E-state index is 13.6. The molecule has 10 nitrogen and oxygen atoms in total. The van der Waals surface area contributed by atoms with Crippen molar-refractivity contribution in [2.75, 3.05) is 19.3 Å². The van der Waals surface area contributed by atoms with Gasteiger partial charge in [-0.25, -0.2) is 18.4 Å². The highest BCUT2D eigenvalue weighted by Gasteiger charge is 2.31. The van der Waals surface area contributed by atoms with E-state index < -0.39 is 33.8 Å². The number of likely N-dealkylation sites (tertiary alicyclic amines) is 1. The normalized spacial score (nSPS) is 19.1. The van der Waals surface area contributed by atoms with Crippen LogP contribution in [0.5, 0.6) is 0 Å². The molecular formula is C26H37N5O5S. The molecule has 1 amide bonds. The molecule has 1 aliphatic carbocycles. The van der Waals surface area contributed by atoms with Gasteiger partial charge in [0.15, 0.2) is 5.58 Å². The summed E-state index contributed by atoms with van der Waals surface area (Å²) in [4.78, 5) is 37.6. The lowest BCUT2D eigenvalue weighted by atomic mass is 9.84. The van der Waals surface area contributed by atoms with E-state index in [1.165, 1.54) is 6.42 Å². The van der Waals surface area contributed by atoms with Crippen LogP contribution in [-0.4, -0.2) is 67.4 Å². The number of carbonyl (C=O) groups excluding carboxylic acids is 2. The number of nitrogens with one attached hydrogen (secondary N) is 2. The lowest BCUT2D eigenvalue weighted by Gasteiger charge is -2.27. The van der Waals surface area contributed by atoms with Crippen molar-refractivity contribution in [3.63, 3.8) is 0 Å². The van der Waals surface area contributed by atoms with E-state index in [4.69, 9.17) is 4.42 Å². The Morgan fingerprint density at radius 2 is 1.84 bits per heavy atom. The fraction of sp³-hybridized carbons (Fsp3) is 0.615. The Morgan fingerprint density at radius 1 is 1.14 bits per heavy atom. The van der Waals surface area contributed by atoms with E-state index >= 15 is 0 Å². The number of para-hydroxylation sites is 2. The molecule has 0 radical (unpaired) electrons. The summed E-state index contributed by atoms with van der Waals surface area (Å²) in [6.07, 6.45) is 9.22. The maximum Gasteiger partial charge on any atom is 0.266 e. The average molecular weight is 532 g/mol. The minimum absolute atomic E-state index is 0.0443. The van der Waals surface area contributed by atoms with Gasteiger partial charge < -0.3 is 14.6 Å². The lowest BCUT2D eigenvalue weighted by molar-refractivity contribution is -0.123. The molecule has 4 rings (SSSR count). The molecule has 202 valence electrons. The summed E-state index contributed by atoms with van der Waals surface area (Å²) in [5, 5.41) is 2.87. The maximum absolute atomic E-state index is 13.6. The molecule has 11 heteroatoms. The number of sulfonamides is 1. The van der Waals surface area contributed by atoms with Crippen LogP contribution in [0.25, 0.3) is 11.1 Å². The van der Waals surface area contributed by atoms with E-state index in [0.717, 1.165) is 44.8 Å². The van der Waals surface area contributed by atoms with E-state index in [1.54, 1.807) is 18.2 Å². The van der Waals surface area contributed by atoms with Crippen LogP contribution in [0, 0.1) is 5.92 Å². The minimum atomic E-state index is -3.58. The third-order valence-electron chi connectivity index (χ3n) is 7.09. The van der Waals surface area contributed by atoms with E-state index in [1.807, 2.05) is 17.9 Å². The van der Waals surface area contributed by atoms with Gasteiger partial charge in [0, 0.05) is 13.1 Å². The molecule has 2 fully saturated rings. The molecule has 2 N–H and O–H groups in total. The van der Waals surface area contributed by atoms with Gasteiger partial charge in [0.05, 0.1) is 12.3 Å². The fourth-order valence-corrected chi connectivity index (χ4v) is 5.63. The number of oxazole rings is 1. The first-order chi connectivity index (χ1) is 17.7. The summed E-state index contributed by atoms with van der Waals surface area (Å²) in [5.41, 5.74) is 1.09. The first kappa shape index (κ1) is 27.1.